The van der Waals surface area contributed by atoms with E-state index in [1.807, 2.05) is 0 Å². The second kappa shape index (κ2) is 5.59. The SMILES string of the molecule is CC(C)CNC(=O)NC1(c2ccc(F)cc2)CCC1. The molecule has 2 rings (SSSR count). The number of rotatable bonds is 4. The average Bonchev–Trinajstić information content (AvgIpc) is 2.32. The lowest BCUT2D eigenvalue weighted by Gasteiger charge is -2.43. The van der Waals surface area contributed by atoms with Gasteiger partial charge in [0.15, 0.2) is 0 Å². The normalized spacial score (nSPS) is 16.8. The fourth-order valence-electron chi connectivity index (χ4n) is 2.34. The van der Waals surface area contributed by atoms with E-state index in [9.17, 15) is 9.18 Å². The molecule has 2 amide bonds. The molecule has 1 aliphatic rings. The van der Waals surface area contributed by atoms with E-state index in [1.165, 1.54) is 12.1 Å². The van der Waals surface area contributed by atoms with Gasteiger partial charge in [0, 0.05) is 6.54 Å². The van der Waals surface area contributed by atoms with Crippen LogP contribution in [0.5, 0.6) is 0 Å². The maximum Gasteiger partial charge on any atom is 0.315 e. The molecule has 0 spiro atoms. The van der Waals surface area contributed by atoms with Crippen LogP contribution in [0.4, 0.5) is 9.18 Å². The molecule has 0 aliphatic heterocycles. The first-order chi connectivity index (χ1) is 9.02. The first-order valence-electron chi connectivity index (χ1n) is 6.84. The molecule has 0 aromatic heterocycles. The number of carbonyl (C=O) groups is 1. The van der Waals surface area contributed by atoms with Crippen LogP contribution in [-0.2, 0) is 5.54 Å². The lowest BCUT2D eigenvalue weighted by molar-refractivity contribution is 0.176. The Morgan fingerprint density at radius 3 is 2.42 bits per heavy atom. The largest absolute Gasteiger partial charge is 0.338 e. The van der Waals surface area contributed by atoms with E-state index in [4.69, 9.17) is 0 Å². The number of nitrogens with one attached hydrogen (secondary N) is 2. The molecule has 0 heterocycles. The van der Waals surface area contributed by atoms with Gasteiger partial charge < -0.3 is 10.6 Å². The molecule has 0 atom stereocenters. The molecule has 0 radical (unpaired) electrons. The number of carbonyl (C=O) groups excluding carboxylic acids is 1. The Bertz CT molecular complexity index is 438. The second-order valence-corrected chi connectivity index (χ2v) is 5.67. The fourth-order valence-corrected chi connectivity index (χ4v) is 2.34. The lowest BCUT2D eigenvalue weighted by Crippen LogP contribution is -2.54. The summed E-state index contributed by atoms with van der Waals surface area (Å²) in [6.07, 6.45) is 2.91. The second-order valence-electron chi connectivity index (χ2n) is 5.67. The molecule has 1 saturated carbocycles. The highest BCUT2D eigenvalue weighted by atomic mass is 19.1. The van der Waals surface area contributed by atoms with Gasteiger partial charge >= 0.3 is 6.03 Å². The van der Waals surface area contributed by atoms with Crippen LogP contribution in [0.25, 0.3) is 0 Å². The van der Waals surface area contributed by atoms with Gasteiger partial charge in [-0.1, -0.05) is 26.0 Å². The Hall–Kier alpha value is -1.58. The molecule has 104 valence electrons. The first-order valence-corrected chi connectivity index (χ1v) is 6.84. The summed E-state index contributed by atoms with van der Waals surface area (Å²) in [7, 11) is 0. The van der Waals surface area contributed by atoms with Crippen molar-refractivity contribution >= 4 is 6.03 Å². The highest BCUT2D eigenvalue weighted by Gasteiger charge is 2.39. The molecular formula is C15H21FN2O. The Balaban J connectivity index is 2.02. The van der Waals surface area contributed by atoms with Crippen molar-refractivity contribution < 1.29 is 9.18 Å². The lowest BCUT2D eigenvalue weighted by atomic mass is 9.72. The zero-order valence-corrected chi connectivity index (χ0v) is 11.5. The minimum absolute atomic E-state index is 0.141. The molecule has 1 aromatic carbocycles. The van der Waals surface area contributed by atoms with Gasteiger partial charge in [0.05, 0.1) is 5.54 Å². The maximum atomic E-state index is 13.0. The third-order valence-corrected chi connectivity index (χ3v) is 3.63. The van der Waals surface area contributed by atoms with E-state index < -0.39 is 0 Å². The van der Waals surface area contributed by atoms with Gasteiger partial charge in [-0.2, -0.15) is 0 Å². The number of halogens is 1. The monoisotopic (exact) mass is 264 g/mol. The standard InChI is InChI=1S/C15H21FN2O/c1-11(2)10-17-14(19)18-15(8-3-9-15)12-4-6-13(16)7-5-12/h4-7,11H,3,8-10H2,1-2H3,(H2,17,18,19). The predicted octanol–water partition coefficient (Wildman–Crippen LogP) is 3.16. The van der Waals surface area contributed by atoms with Crippen molar-refractivity contribution in [2.75, 3.05) is 6.54 Å². The average molecular weight is 264 g/mol. The molecule has 2 N–H and O–H groups in total. The Kier molecular flexibility index (Phi) is 4.08. The molecule has 1 aliphatic carbocycles. The summed E-state index contributed by atoms with van der Waals surface area (Å²) >= 11 is 0. The third-order valence-electron chi connectivity index (χ3n) is 3.63. The first kappa shape index (κ1) is 13.8. The highest BCUT2D eigenvalue weighted by Crippen LogP contribution is 2.41. The van der Waals surface area contributed by atoms with Gasteiger partial charge in [-0.15, -0.1) is 0 Å². The summed E-state index contributed by atoms with van der Waals surface area (Å²) in [5, 5.41) is 5.91. The molecule has 1 aromatic rings. The van der Waals surface area contributed by atoms with Crippen LogP contribution in [0.1, 0.15) is 38.7 Å². The van der Waals surface area contributed by atoms with Gasteiger partial charge in [-0.3, -0.25) is 0 Å². The van der Waals surface area contributed by atoms with E-state index >= 15 is 0 Å². The molecule has 0 saturated heterocycles. The topological polar surface area (TPSA) is 41.1 Å². The van der Waals surface area contributed by atoms with Gasteiger partial charge in [0.1, 0.15) is 5.82 Å². The van der Waals surface area contributed by atoms with Crippen LogP contribution >= 0.6 is 0 Å². The minimum atomic E-state index is -0.311. The molecule has 19 heavy (non-hydrogen) atoms. The Morgan fingerprint density at radius 2 is 1.95 bits per heavy atom. The van der Waals surface area contributed by atoms with Gasteiger partial charge in [0.25, 0.3) is 0 Å². The number of amides is 2. The molecule has 3 nitrogen and oxygen atoms in total. The molecule has 0 bridgehead atoms. The van der Waals surface area contributed by atoms with Crippen molar-refractivity contribution in [3.8, 4) is 0 Å². The van der Waals surface area contributed by atoms with Crippen LogP contribution in [0.15, 0.2) is 24.3 Å². The van der Waals surface area contributed by atoms with Crippen molar-refractivity contribution in [2.24, 2.45) is 5.92 Å². The Morgan fingerprint density at radius 1 is 1.32 bits per heavy atom. The summed E-state index contributed by atoms with van der Waals surface area (Å²) in [4.78, 5) is 11.9. The number of urea groups is 1. The van der Waals surface area contributed by atoms with E-state index in [0.717, 1.165) is 24.8 Å². The summed E-state index contributed by atoms with van der Waals surface area (Å²) < 4.78 is 13.0. The molecule has 4 heteroatoms. The summed E-state index contributed by atoms with van der Waals surface area (Å²) in [5.74, 6) is 0.177. The zero-order chi connectivity index (χ0) is 13.9. The van der Waals surface area contributed by atoms with Gasteiger partial charge in [0.2, 0.25) is 0 Å². The van der Waals surface area contributed by atoms with E-state index in [2.05, 4.69) is 24.5 Å². The van der Waals surface area contributed by atoms with Crippen LogP contribution in [-0.4, -0.2) is 12.6 Å². The maximum absolute atomic E-state index is 13.0. The van der Waals surface area contributed by atoms with Crippen LogP contribution in [0, 0.1) is 11.7 Å². The molecule has 0 unspecified atom stereocenters. The highest BCUT2D eigenvalue weighted by molar-refractivity contribution is 5.75. The third kappa shape index (κ3) is 3.25. The Labute approximate surface area is 113 Å². The number of hydrogen-bond acceptors (Lipinski definition) is 1. The van der Waals surface area contributed by atoms with Crippen LogP contribution < -0.4 is 10.6 Å². The van der Waals surface area contributed by atoms with Gasteiger partial charge in [-0.05, 0) is 42.9 Å². The summed E-state index contributed by atoms with van der Waals surface area (Å²) in [6, 6.07) is 6.28. The van der Waals surface area contributed by atoms with Crippen molar-refractivity contribution in [2.45, 2.75) is 38.6 Å². The fraction of sp³-hybridized carbons (Fsp3) is 0.533. The summed E-state index contributed by atoms with van der Waals surface area (Å²) in [6.45, 7) is 4.77. The van der Waals surface area contributed by atoms with Crippen molar-refractivity contribution in [1.29, 1.82) is 0 Å². The predicted molar refractivity (Wildman–Crippen MR) is 73.3 cm³/mol. The quantitative estimate of drug-likeness (QED) is 0.861. The van der Waals surface area contributed by atoms with Gasteiger partial charge in [-0.25, -0.2) is 9.18 Å². The van der Waals surface area contributed by atoms with E-state index in [-0.39, 0.29) is 17.4 Å². The number of benzene rings is 1. The van der Waals surface area contributed by atoms with Crippen molar-refractivity contribution in [1.82, 2.24) is 10.6 Å². The minimum Gasteiger partial charge on any atom is -0.338 e. The molecular weight excluding hydrogens is 243 g/mol. The summed E-state index contributed by atoms with van der Waals surface area (Å²) in [5.41, 5.74) is 0.675. The van der Waals surface area contributed by atoms with Crippen LogP contribution in [0.2, 0.25) is 0 Å². The number of hydrogen-bond donors (Lipinski definition) is 2. The smallest absolute Gasteiger partial charge is 0.315 e. The van der Waals surface area contributed by atoms with Crippen molar-refractivity contribution in [3.63, 3.8) is 0 Å². The van der Waals surface area contributed by atoms with Crippen LogP contribution in [0.3, 0.4) is 0 Å². The zero-order valence-electron chi connectivity index (χ0n) is 11.5. The van der Waals surface area contributed by atoms with E-state index in [1.54, 1.807) is 12.1 Å². The van der Waals surface area contributed by atoms with Crippen molar-refractivity contribution in [3.05, 3.63) is 35.6 Å². The molecule has 1 fully saturated rings. The van der Waals surface area contributed by atoms with E-state index in [0.29, 0.717) is 12.5 Å².